The fraction of sp³-hybridized carbons (Fsp3) is 0.250. The summed E-state index contributed by atoms with van der Waals surface area (Å²) in [4.78, 5) is 0. The Morgan fingerprint density at radius 3 is 2.59 bits per heavy atom. The van der Waals surface area contributed by atoms with Crippen LogP contribution >= 0.6 is 0 Å². The van der Waals surface area contributed by atoms with Gasteiger partial charge in [-0.1, -0.05) is 61.9 Å². The molecule has 2 N–H and O–H groups in total. The Kier molecular flexibility index (Phi) is 3.94. The van der Waals surface area contributed by atoms with Crippen LogP contribution in [-0.2, 0) is 13.0 Å². The molecule has 0 aromatic heterocycles. The van der Waals surface area contributed by atoms with Gasteiger partial charge in [0.05, 0.1) is 0 Å². The molecular formula is C16H19N. The van der Waals surface area contributed by atoms with Gasteiger partial charge in [0, 0.05) is 6.54 Å². The summed E-state index contributed by atoms with van der Waals surface area (Å²) in [5, 5.41) is 0. The molecule has 0 fully saturated rings. The zero-order valence-corrected chi connectivity index (χ0v) is 10.3. The van der Waals surface area contributed by atoms with Crippen molar-refractivity contribution in [1.82, 2.24) is 0 Å². The standard InChI is InChI=1S/C16H19N/c1-2-6-13-7-5-9-14(11-13)16-10-4-3-8-15(16)12-17/h3-5,7-11H,2,6,12,17H2,1H3. The second kappa shape index (κ2) is 5.65. The first-order valence-corrected chi connectivity index (χ1v) is 6.22. The quantitative estimate of drug-likeness (QED) is 0.842. The van der Waals surface area contributed by atoms with Gasteiger partial charge in [0.15, 0.2) is 0 Å². The SMILES string of the molecule is CCCc1cccc(-c2ccccc2CN)c1. The Hall–Kier alpha value is -1.60. The maximum atomic E-state index is 5.78. The molecule has 0 saturated carbocycles. The predicted octanol–water partition coefficient (Wildman–Crippen LogP) is 3.76. The summed E-state index contributed by atoms with van der Waals surface area (Å²) in [6, 6.07) is 17.1. The summed E-state index contributed by atoms with van der Waals surface area (Å²) in [6.07, 6.45) is 2.32. The van der Waals surface area contributed by atoms with Crippen LogP contribution in [0.25, 0.3) is 11.1 Å². The van der Waals surface area contributed by atoms with Crippen LogP contribution in [0.4, 0.5) is 0 Å². The zero-order valence-electron chi connectivity index (χ0n) is 10.3. The Bertz CT molecular complexity index is 488. The molecule has 0 aliphatic heterocycles. The summed E-state index contributed by atoms with van der Waals surface area (Å²) in [5.74, 6) is 0. The highest BCUT2D eigenvalue weighted by molar-refractivity contribution is 5.67. The maximum absolute atomic E-state index is 5.78. The highest BCUT2D eigenvalue weighted by Gasteiger charge is 2.03. The summed E-state index contributed by atoms with van der Waals surface area (Å²) in [5.41, 5.74) is 10.9. The van der Waals surface area contributed by atoms with Crippen molar-refractivity contribution in [3.63, 3.8) is 0 Å². The maximum Gasteiger partial charge on any atom is 0.0184 e. The second-order valence-electron chi connectivity index (χ2n) is 4.31. The zero-order chi connectivity index (χ0) is 12.1. The molecule has 2 aromatic rings. The topological polar surface area (TPSA) is 26.0 Å². The third kappa shape index (κ3) is 2.75. The fourth-order valence-corrected chi connectivity index (χ4v) is 2.16. The predicted molar refractivity (Wildman–Crippen MR) is 73.8 cm³/mol. The van der Waals surface area contributed by atoms with Gasteiger partial charge in [-0.25, -0.2) is 0 Å². The molecule has 2 rings (SSSR count). The lowest BCUT2D eigenvalue weighted by Gasteiger charge is -2.09. The van der Waals surface area contributed by atoms with Gasteiger partial charge in [0.25, 0.3) is 0 Å². The van der Waals surface area contributed by atoms with Crippen molar-refractivity contribution in [2.24, 2.45) is 5.73 Å². The lowest BCUT2D eigenvalue weighted by molar-refractivity contribution is 0.922. The van der Waals surface area contributed by atoms with Gasteiger partial charge < -0.3 is 5.73 Å². The molecule has 0 radical (unpaired) electrons. The largest absolute Gasteiger partial charge is 0.326 e. The molecule has 0 heterocycles. The number of rotatable bonds is 4. The van der Waals surface area contributed by atoms with E-state index in [2.05, 4.69) is 49.4 Å². The average Bonchev–Trinajstić information content (AvgIpc) is 2.39. The molecule has 0 aliphatic rings. The van der Waals surface area contributed by atoms with Crippen molar-refractivity contribution in [2.45, 2.75) is 26.3 Å². The van der Waals surface area contributed by atoms with Crippen LogP contribution in [0.2, 0.25) is 0 Å². The van der Waals surface area contributed by atoms with Crippen LogP contribution in [0.15, 0.2) is 48.5 Å². The summed E-state index contributed by atoms with van der Waals surface area (Å²) in [7, 11) is 0. The summed E-state index contributed by atoms with van der Waals surface area (Å²) >= 11 is 0. The number of aryl methyl sites for hydroxylation is 1. The molecule has 0 spiro atoms. The van der Waals surface area contributed by atoms with Crippen molar-refractivity contribution in [2.75, 3.05) is 0 Å². The highest BCUT2D eigenvalue weighted by Crippen LogP contribution is 2.24. The van der Waals surface area contributed by atoms with Crippen LogP contribution in [0.3, 0.4) is 0 Å². The minimum Gasteiger partial charge on any atom is -0.326 e. The monoisotopic (exact) mass is 225 g/mol. The first-order valence-electron chi connectivity index (χ1n) is 6.22. The fourth-order valence-electron chi connectivity index (χ4n) is 2.16. The first kappa shape index (κ1) is 11.9. The van der Waals surface area contributed by atoms with Crippen LogP contribution in [0, 0.1) is 0 Å². The van der Waals surface area contributed by atoms with Gasteiger partial charge in [0.1, 0.15) is 0 Å². The van der Waals surface area contributed by atoms with Crippen LogP contribution in [-0.4, -0.2) is 0 Å². The molecule has 0 unspecified atom stereocenters. The van der Waals surface area contributed by atoms with E-state index in [0.717, 1.165) is 6.42 Å². The lowest BCUT2D eigenvalue weighted by Crippen LogP contribution is -1.98. The van der Waals surface area contributed by atoms with Gasteiger partial charge in [-0.2, -0.15) is 0 Å². The van der Waals surface area contributed by atoms with Gasteiger partial charge >= 0.3 is 0 Å². The number of nitrogens with two attached hydrogens (primary N) is 1. The van der Waals surface area contributed by atoms with Gasteiger partial charge in [-0.15, -0.1) is 0 Å². The third-order valence-corrected chi connectivity index (χ3v) is 3.01. The van der Waals surface area contributed by atoms with E-state index in [0.29, 0.717) is 6.54 Å². The molecule has 1 nitrogen and oxygen atoms in total. The number of hydrogen-bond donors (Lipinski definition) is 1. The van der Waals surface area contributed by atoms with Crippen molar-refractivity contribution >= 4 is 0 Å². The molecule has 0 atom stereocenters. The van der Waals surface area contributed by atoms with Crippen LogP contribution in [0.5, 0.6) is 0 Å². The van der Waals surface area contributed by atoms with E-state index in [-0.39, 0.29) is 0 Å². The van der Waals surface area contributed by atoms with Gasteiger partial charge in [0.2, 0.25) is 0 Å². The summed E-state index contributed by atoms with van der Waals surface area (Å²) in [6.45, 7) is 2.80. The van der Waals surface area contributed by atoms with Crippen molar-refractivity contribution in [1.29, 1.82) is 0 Å². The molecule has 0 bridgehead atoms. The Morgan fingerprint density at radius 2 is 1.82 bits per heavy atom. The highest BCUT2D eigenvalue weighted by atomic mass is 14.5. The van der Waals surface area contributed by atoms with Crippen LogP contribution in [0.1, 0.15) is 24.5 Å². The van der Waals surface area contributed by atoms with E-state index in [1.54, 1.807) is 0 Å². The molecule has 2 aromatic carbocycles. The molecule has 0 aliphatic carbocycles. The number of hydrogen-bond acceptors (Lipinski definition) is 1. The Balaban J connectivity index is 2.41. The van der Waals surface area contributed by atoms with E-state index in [4.69, 9.17) is 5.73 Å². The van der Waals surface area contributed by atoms with E-state index in [1.807, 2.05) is 6.07 Å². The van der Waals surface area contributed by atoms with E-state index in [1.165, 1.54) is 28.7 Å². The summed E-state index contributed by atoms with van der Waals surface area (Å²) < 4.78 is 0. The molecule has 88 valence electrons. The van der Waals surface area contributed by atoms with Crippen LogP contribution < -0.4 is 5.73 Å². The molecule has 17 heavy (non-hydrogen) atoms. The van der Waals surface area contributed by atoms with E-state index < -0.39 is 0 Å². The molecule has 0 amide bonds. The minimum absolute atomic E-state index is 0.591. The van der Waals surface area contributed by atoms with Crippen molar-refractivity contribution in [3.05, 3.63) is 59.7 Å². The number of benzene rings is 2. The van der Waals surface area contributed by atoms with Gasteiger partial charge in [-0.3, -0.25) is 0 Å². The van der Waals surface area contributed by atoms with E-state index in [9.17, 15) is 0 Å². The van der Waals surface area contributed by atoms with E-state index >= 15 is 0 Å². The second-order valence-corrected chi connectivity index (χ2v) is 4.31. The van der Waals surface area contributed by atoms with Crippen molar-refractivity contribution < 1.29 is 0 Å². The van der Waals surface area contributed by atoms with Gasteiger partial charge in [-0.05, 0) is 28.7 Å². The molecular weight excluding hydrogens is 206 g/mol. The molecule has 0 saturated heterocycles. The Labute approximate surface area is 103 Å². The minimum atomic E-state index is 0.591. The average molecular weight is 225 g/mol. The normalized spacial score (nSPS) is 10.5. The molecule has 1 heteroatoms. The lowest BCUT2D eigenvalue weighted by atomic mass is 9.97. The smallest absolute Gasteiger partial charge is 0.0184 e. The Morgan fingerprint density at radius 1 is 1.00 bits per heavy atom. The van der Waals surface area contributed by atoms with Crippen molar-refractivity contribution in [3.8, 4) is 11.1 Å². The first-order chi connectivity index (χ1) is 8.35. The third-order valence-electron chi connectivity index (χ3n) is 3.01.